The molecule has 1 rings (SSSR count). The molecule has 0 saturated heterocycles. The third kappa shape index (κ3) is 8.62. The molecule has 2 atom stereocenters. The summed E-state index contributed by atoms with van der Waals surface area (Å²) in [5.74, 6) is 1.23. The molecule has 22 heavy (non-hydrogen) atoms. The van der Waals surface area contributed by atoms with Crippen molar-refractivity contribution in [2.24, 2.45) is 10.9 Å². The lowest BCUT2D eigenvalue weighted by atomic mass is 10.2. The van der Waals surface area contributed by atoms with Gasteiger partial charge in [0.1, 0.15) is 0 Å². The van der Waals surface area contributed by atoms with Crippen LogP contribution in [0.2, 0.25) is 0 Å². The number of methoxy groups -OCH3 is 1. The SMILES string of the molecule is CCOC(=O)NC(CNC(=NC)NC(C)COC)C1CC1.I. The van der Waals surface area contributed by atoms with Crippen LogP contribution in [0.1, 0.15) is 26.7 Å². The molecule has 1 amide bonds. The van der Waals surface area contributed by atoms with Gasteiger partial charge in [0.15, 0.2) is 5.96 Å². The van der Waals surface area contributed by atoms with Crippen molar-refractivity contribution in [3.63, 3.8) is 0 Å². The highest BCUT2D eigenvalue weighted by atomic mass is 127. The van der Waals surface area contributed by atoms with E-state index in [0.29, 0.717) is 31.6 Å². The summed E-state index contributed by atoms with van der Waals surface area (Å²) in [7, 11) is 3.39. The van der Waals surface area contributed by atoms with Crippen molar-refractivity contribution in [3.05, 3.63) is 0 Å². The number of hydrogen-bond donors (Lipinski definition) is 3. The maximum absolute atomic E-state index is 11.5. The number of aliphatic imine (C=N–C) groups is 1. The molecule has 0 aliphatic heterocycles. The fourth-order valence-electron chi connectivity index (χ4n) is 2.08. The van der Waals surface area contributed by atoms with Crippen LogP contribution in [0.3, 0.4) is 0 Å². The highest BCUT2D eigenvalue weighted by Gasteiger charge is 2.32. The molecular weight excluding hydrogens is 399 g/mol. The number of hydrogen-bond acceptors (Lipinski definition) is 4. The summed E-state index contributed by atoms with van der Waals surface area (Å²) >= 11 is 0. The largest absolute Gasteiger partial charge is 0.450 e. The summed E-state index contributed by atoms with van der Waals surface area (Å²) in [5.41, 5.74) is 0. The molecule has 0 heterocycles. The fraction of sp³-hybridized carbons (Fsp3) is 0.857. The molecule has 0 spiro atoms. The Morgan fingerprint density at radius 1 is 1.36 bits per heavy atom. The summed E-state index contributed by atoms with van der Waals surface area (Å²) in [6.07, 6.45) is 1.93. The first-order valence-corrected chi connectivity index (χ1v) is 7.50. The van der Waals surface area contributed by atoms with Crippen LogP contribution in [0.4, 0.5) is 4.79 Å². The van der Waals surface area contributed by atoms with Gasteiger partial charge in [-0.1, -0.05) is 0 Å². The minimum atomic E-state index is -0.355. The standard InChI is InChI=1S/C14H28N4O3.HI/c1-5-21-14(19)18-12(11-6-7-11)8-16-13(15-3)17-10(2)9-20-4;/h10-12H,5-9H2,1-4H3,(H,18,19)(H2,15,16,17);1H. The van der Waals surface area contributed by atoms with Crippen molar-refractivity contribution in [2.45, 2.75) is 38.8 Å². The van der Waals surface area contributed by atoms with Crippen LogP contribution in [-0.2, 0) is 9.47 Å². The van der Waals surface area contributed by atoms with Gasteiger partial charge in [0.25, 0.3) is 0 Å². The molecule has 0 aromatic heterocycles. The van der Waals surface area contributed by atoms with Crippen LogP contribution in [0, 0.1) is 5.92 Å². The number of ether oxygens (including phenoxy) is 2. The Morgan fingerprint density at radius 3 is 2.55 bits per heavy atom. The zero-order chi connectivity index (χ0) is 15.7. The van der Waals surface area contributed by atoms with Gasteiger partial charge in [-0.2, -0.15) is 0 Å². The van der Waals surface area contributed by atoms with Crippen molar-refractivity contribution >= 4 is 36.0 Å². The van der Waals surface area contributed by atoms with E-state index in [1.165, 1.54) is 0 Å². The number of carbonyl (C=O) groups is 1. The quantitative estimate of drug-likeness (QED) is 0.309. The molecule has 1 aliphatic carbocycles. The molecule has 0 aromatic carbocycles. The molecule has 1 fully saturated rings. The normalized spacial score (nSPS) is 17.0. The third-order valence-corrected chi connectivity index (χ3v) is 3.28. The number of alkyl carbamates (subject to hydrolysis) is 1. The number of amides is 1. The second kappa shape index (κ2) is 11.8. The van der Waals surface area contributed by atoms with E-state index in [-0.39, 0.29) is 42.2 Å². The number of guanidine groups is 1. The Morgan fingerprint density at radius 2 is 2.05 bits per heavy atom. The first kappa shape index (κ1) is 21.2. The van der Waals surface area contributed by atoms with Crippen LogP contribution in [-0.4, -0.2) is 58.1 Å². The van der Waals surface area contributed by atoms with Crippen LogP contribution in [0.25, 0.3) is 0 Å². The molecule has 3 N–H and O–H groups in total. The second-order valence-electron chi connectivity index (χ2n) is 5.26. The highest BCUT2D eigenvalue weighted by molar-refractivity contribution is 14.0. The zero-order valence-electron chi connectivity index (χ0n) is 13.8. The average molecular weight is 428 g/mol. The van der Waals surface area contributed by atoms with E-state index < -0.39 is 0 Å². The van der Waals surface area contributed by atoms with Crippen LogP contribution >= 0.6 is 24.0 Å². The van der Waals surface area contributed by atoms with E-state index in [1.54, 1.807) is 21.1 Å². The second-order valence-corrected chi connectivity index (χ2v) is 5.26. The smallest absolute Gasteiger partial charge is 0.407 e. The van der Waals surface area contributed by atoms with Crippen molar-refractivity contribution in [3.8, 4) is 0 Å². The lowest BCUT2D eigenvalue weighted by Crippen LogP contribution is -2.50. The van der Waals surface area contributed by atoms with E-state index in [1.807, 2.05) is 6.92 Å². The molecule has 7 nitrogen and oxygen atoms in total. The molecule has 0 radical (unpaired) electrons. The van der Waals surface area contributed by atoms with Gasteiger partial charge in [0.05, 0.1) is 19.3 Å². The summed E-state index contributed by atoms with van der Waals surface area (Å²) in [6.45, 7) is 5.43. The van der Waals surface area contributed by atoms with Gasteiger partial charge in [0, 0.05) is 26.7 Å². The van der Waals surface area contributed by atoms with Gasteiger partial charge in [-0.25, -0.2) is 4.79 Å². The Balaban J connectivity index is 0.00000441. The van der Waals surface area contributed by atoms with Crippen molar-refractivity contribution in [2.75, 3.05) is 33.9 Å². The van der Waals surface area contributed by atoms with Gasteiger partial charge in [0.2, 0.25) is 0 Å². The summed E-state index contributed by atoms with van der Waals surface area (Å²) in [4.78, 5) is 15.7. The summed E-state index contributed by atoms with van der Waals surface area (Å²) in [5, 5.41) is 9.38. The number of nitrogens with zero attached hydrogens (tertiary/aromatic N) is 1. The first-order valence-electron chi connectivity index (χ1n) is 7.50. The summed E-state index contributed by atoms with van der Waals surface area (Å²) in [6, 6.07) is 0.235. The molecule has 130 valence electrons. The van der Waals surface area contributed by atoms with E-state index in [2.05, 4.69) is 20.9 Å². The molecule has 0 aromatic rings. The van der Waals surface area contributed by atoms with E-state index in [4.69, 9.17) is 9.47 Å². The molecule has 0 bridgehead atoms. The number of halogens is 1. The fourth-order valence-corrected chi connectivity index (χ4v) is 2.08. The topological polar surface area (TPSA) is 84.0 Å². The monoisotopic (exact) mass is 428 g/mol. The molecule has 8 heteroatoms. The van der Waals surface area contributed by atoms with E-state index in [0.717, 1.165) is 12.8 Å². The predicted octanol–water partition coefficient (Wildman–Crippen LogP) is 1.33. The van der Waals surface area contributed by atoms with Crippen LogP contribution in [0.5, 0.6) is 0 Å². The van der Waals surface area contributed by atoms with Gasteiger partial charge in [-0.3, -0.25) is 4.99 Å². The van der Waals surface area contributed by atoms with Gasteiger partial charge >= 0.3 is 6.09 Å². The first-order chi connectivity index (χ1) is 10.1. The Kier molecular flexibility index (Phi) is 11.3. The lowest BCUT2D eigenvalue weighted by Gasteiger charge is -2.22. The Hall–Kier alpha value is -0.770. The zero-order valence-corrected chi connectivity index (χ0v) is 16.2. The van der Waals surface area contributed by atoms with Gasteiger partial charge in [-0.15, -0.1) is 24.0 Å². The Labute approximate surface area is 150 Å². The van der Waals surface area contributed by atoms with E-state index in [9.17, 15) is 4.79 Å². The predicted molar refractivity (Wildman–Crippen MR) is 97.9 cm³/mol. The maximum Gasteiger partial charge on any atom is 0.407 e. The van der Waals surface area contributed by atoms with E-state index >= 15 is 0 Å². The minimum absolute atomic E-state index is 0. The van der Waals surface area contributed by atoms with Crippen LogP contribution < -0.4 is 16.0 Å². The number of rotatable bonds is 8. The molecular formula is C14H29IN4O3. The third-order valence-electron chi connectivity index (χ3n) is 3.28. The van der Waals surface area contributed by atoms with Crippen molar-refractivity contribution < 1.29 is 14.3 Å². The van der Waals surface area contributed by atoms with Crippen molar-refractivity contribution in [1.29, 1.82) is 0 Å². The molecule has 2 unspecified atom stereocenters. The maximum atomic E-state index is 11.5. The van der Waals surface area contributed by atoms with Gasteiger partial charge < -0.3 is 25.4 Å². The summed E-state index contributed by atoms with van der Waals surface area (Å²) < 4.78 is 10.0. The minimum Gasteiger partial charge on any atom is -0.450 e. The number of nitrogens with one attached hydrogen (secondary N) is 3. The lowest BCUT2D eigenvalue weighted by molar-refractivity contribution is 0.146. The van der Waals surface area contributed by atoms with Gasteiger partial charge in [-0.05, 0) is 32.6 Å². The number of carbonyl (C=O) groups excluding carboxylic acids is 1. The molecule has 1 saturated carbocycles. The molecule has 1 aliphatic rings. The van der Waals surface area contributed by atoms with Crippen molar-refractivity contribution in [1.82, 2.24) is 16.0 Å². The Bertz CT molecular complexity index is 351. The highest BCUT2D eigenvalue weighted by Crippen LogP contribution is 2.32. The van der Waals surface area contributed by atoms with Crippen LogP contribution in [0.15, 0.2) is 4.99 Å². The average Bonchev–Trinajstić information content (AvgIpc) is 3.26.